The van der Waals surface area contributed by atoms with Gasteiger partial charge in [-0.3, -0.25) is 19.9 Å². The molecule has 1 aliphatic rings. The van der Waals surface area contributed by atoms with Crippen LogP contribution >= 0.6 is 0 Å². The number of piperazine rings is 1. The minimum Gasteiger partial charge on any atom is -0.370 e. The number of imide groups is 1. The van der Waals surface area contributed by atoms with Gasteiger partial charge in [-0.15, -0.1) is 0 Å². The van der Waals surface area contributed by atoms with Crippen LogP contribution in [0.5, 0.6) is 0 Å². The molecular weight excluding hydrogens is 184 g/mol. The summed E-state index contributed by atoms with van der Waals surface area (Å²) in [7, 11) is 1.53. The van der Waals surface area contributed by atoms with Crippen molar-refractivity contribution < 1.29 is 9.59 Å². The van der Waals surface area contributed by atoms with E-state index >= 15 is 0 Å². The first-order valence-electron chi connectivity index (χ1n) is 4.42. The number of guanidine groups is 1. The molecule has 0 radical (unpaired) electrons. The molecule has 1 fully saturated rings. The van der Waals surface area contributed by atoms with Crippen LogP contribution in [0.25, 0.3) is 0 Å². The molecule has 1 unspecified atom stereocenters. The van der Waals surface area contributed by atoms with E-state index in [0.29, 0.717) is 6.42 Å². The maximum Gasteiger partial charge on any atom is 0.249 e. The summed E-state index contributed by atoms with van der Waals surface area (Å²) in [4.78, 5) is 27.7. The van der Waals surface area contributed by atoms with E-state index < -0.39 is 6.04 Å². The zero-order valence-corrected chi connectivity index (χ0v) is 8.28. The Morgan fingerprint density at radius 2 is 2.36 bits per heavy atom. The zero-order chi connectivity index (χ0) is 10.7. The molecule has 6 heteroatoms. The Bertz CT molecular complexity index is 287. The second kappa shape index (κ2) is 4.08. The van der Waals surface area contributed by atoms with E-state index in [4.69, 9.17) is 5.73 Å². The van der Waals surface area contributed by atoms with Gasteiger partial charge in [-0.25, -0.2) is 0 Å². The number of hydrogen-bond donors (Lipinski definition) is 2. The minimum atomic E-state index is -0.392. The number of carbonyl (C=O) groups excluding carboxylic acids is 2. The monoisotopic (exact) mass is 198 g/mol. The van der Waals surface area contributed by atoms with Crippen LogP contribution in [-0.2, 0) is 9.59 Å². The quantitative estimate of drug-likeness (QED) is 0.310. The largest absolute Gasteiger partial charge is 0.370 e. The van der Waals surface area contributed by atoms with E-state index in [1.165, 1.54) is 11.9 Å². The van der Waals surface area contributed by atoms with Crippen molar-refractivity contribution >= 4 is 17.8 Å². The highest BCUT2D eigenvalue weighted by Crippen LogP contribution is 2.08. The number of nitrogens with two attached hydrogens (primary N) is 1. The van der Waals surface area contributed by atoms with Crippen molar-refractivity contribution in [1.29, 1.82) is 0 Å². The van der Waals surface area contributed by atoms with Gasteiger partial charge in [-0.2, -0.15) is 0 Å². The topological polar surface area (TPSA) is 87.8 Å². The molecule has 0 aromatic rings. The van der Waals surface area contributed by atoms with Gasteiger partial charge in [0.2, 0.25) is 11.8 Å². The molecule has 3 N–H and O–H groups in total. The van der Waals surface area contributed by atoms with E-state index in [9.17, 15) is 9.59 Å². The molecule has 1 aliphatic heterocycles. The number of rotatable bonds is 1. The van der Waals surface area contributed by atoms with Gasteiger partial charge in [-0.1, -0.05) is 6.92 Å². The van der Waals surface area contributed by atoms with Gasteiger partial charge >= 0.3 is 0 Å². The highest BCUT2D eigenvalue weighted by Gasteiger charge is 2.33. The van der Waals surface area contributed by atoms with Gasteiger partial charge in [0.15, 0.2) is 5.96 Å². The first kappa shape index (κ1) is 10.5. The summed E-state index contributed by atoms with van der Waals surface area (Å²) in [6, 6.07) is -0.392. The highest BCUT2D eigenvalue weighted by atomic mass is 16.2. The minimum absolute atomic E-state index is 0.0907. The van der Waals surface area contributed by atoms with Crippen LogP contribution in [0, 0.1) is 0 Å². The number of nitrogens with one attached hydrogen (secondary N) is 1. The molecule has 0 spiro atoms. The third-order valence-electron chi connectivity index (χ3n) is 2.17. The molecule has 1 saturated heterocycles. The molecule has 1 atom stereocenters. The van der Waals surface area contributed by atoms with Gasteiger partial charge in [0.05, 0.1) is 0 Å². The van der Waals surface area contributed by atoms with Gasteiger partial charge in [-0.05, 0) is 6.42 Å². The number of amides is 2. The van der Waals surface area contributed by atoms with Crippen molar-refractivity contribution in [2.75, 3.05) is 13.6 Å². The second-order valence-electron chi connectivity index (χ2n) is 3.05. The predicted octanol–water partition coefficient (Wildman–Crippen LogP) is -1.33. The summed E-state index contributed by atoms with van der Waals surface area (Å²) in [6.45, 7) is 1.95. The van der Waals surface area contributed by atoms with Gasteiger partial charge in [0.1, 0.15) is 12.6 Å². The van der Waals surface area contributed by atoms with Crippen LogP contribution in [-0.4, -0.2) is 42.3 Å². The third kappa shape index (κ3) is 1.84. The Labute approximate surface area is 82.2 Å². The third-order valence-corrected chi connectivity index (χ3v) is 2.17. The van der Waals surface area contributed by atoms with E-state index in [-0.39, 0.29) is 24.3 Å². The Morgan fingerprint density at radius 1 is 1.71 bits per heavy atom. The molecule has 2 amide bonds. The molecule has 0 aliphatic carbocycles. The maximum atomic E-state index is 11.4. The van der Waals surface area contributed by atoms with Gasteiger partial charge < -0.3 is 10.6 Å². The van der Waals surface area contributed by atoms with Crippen molar-refractivity contribution in [2.45, 2.75) is 19.4 Å². The Morgan fingerprint density at radius 3 is 2.86 bits per heavy atom. The van der Waals surface area contributed by atoms with Crippen LogP contribution < -0.4 is 11.1 Å². The van der Waals surface area contributed by atoms with E-state index in [0.717, 1.165) is 0 Å². The number of aliphatic imine (C=N–C) groups is 1. The van der Waals surface area contributed by atoms with E-state index in [1.54, 1.807) is 0 Å². The molecule has 14 heavy (non-hydrogen) atoms. The smallest absolute Gasteiger partial charge is 0.249 e. The molecule has 6 nitrogen and oxygen atoms in total. The van der Waals surface area contributed by atoms with Crippen molar-refractivity contribution in [3.8, 4) is 0 Å². The average molecular weight is 198 g/mol. The van der Waals surface area contributed by atoms with Gasteiger partial charge in [0.25, 0.3) is 0 Å². The van der Waals surface area contributed by atoms with Crippen LogP contribution in [0.15, 0.2) is 4.99 Å². The molecule has 0 aromatic heterocycles. The lowest BCUT2D eigenvalue weighted by Crippen LogP contribution is -2.61. The summed E-state index contributed by atoms with van der Waals surface area (Å²) in [5.41, 5.74) is 5.58. The van der Waals surface area contributed by atoms with Crippen molar-refractivity contribution in [3.63, 3.8) is 0 Å². The first-order chi connectivity index (χ1) is 6.60. The van der Waals surface area contributed by atoms with Crippen molar-refractivity contribution in [3.05, 3.63) is 0 Å². The molecule has 0 saturated carbocycles. The Balaban J connectivity index is 2.89. The SMILES string of the molecule is CCC1C(=O)NC(=O)CN1C(N)=NC. The normalized spacial score (nSPS) is 23.7. The fourth-order valence-electron chi connectivity index (χ4n) is 1.44. The number of nitrogens with zero attached hydrogens (tertiary/aromatic N) is 2. The van der Waals surface area contributed by atoms with E-state index in [2.05, 4.69) is 10.3 Å². The Hall–Kier alpha value is -1.59. The standard InChI is InChI=1S/C8H14N4O2/c1-3-5-7(14)11-6(13)4-12(5)8(9)10-2/h5H,3-4H2,1-2H3,(H2,9,10)(H,11,13,14). The van der Waals surface area contributed by atoms with Crippen molar-refractivity contribution in [1.82, 2.24) is 10.2 Å². The van der Waals surface area contributed by atoms with Crippen LogP contribution in [0.3, 0.4) is 0 Å². The van der Waals surface area contributed by atoms with Crippen LogP contribution in [0.4, 0.5) is 0 Å². The number of hydrogen-bond acceptors (Lipinski definition) is 3. The van der Waals surface area contributed by atoms with E-state index in [1.807, 2.05) is 6.92 Å². The predicted molar refractivity (Wildman–Crippen MR) is 51.5 cm³/mol. The summed E-state index contributed by atoms with van der Waals surface area (Å²) in [5.74, 6) is -0.429. The summed E-state index contributed by atoms with van der Waals surface area (Å²) < 4.78 is 0. The molecular formula is C8H14N4O2. The molecule has 78 valence electrons. The van der Waals surface area contributed by atoms with Crippen LogP contribution in [0.1, 0.15) is 13.3 Å². The van der Waals surface area contributed by atoms with Crippen LogP contribution in [0.2, 0.25) is 0 Å². The first-order valence-corrected chi connectivity index (χ1v) is 4.42. The lowest BCUT2D eigenvalue weighted by molar-refractivity contribution is -0.137. The maximum absolute atomic E-state index is 11.4. The molecule has 0 bridgehead atoms. The van der Waals surface area contributed by atoms with Gasteiger partial charge in [0, 0.05) is 7.05 Å². The highest BCUT2D eigenvalue weighted by molar-refractivity contribution is 6.04. The fourth-order valence-corrected chi connectivity index (χ4v) is 1.44. The summed E-state index contributed by atoms with van der Waals surface area (Å²) >= 11 is 0. The summed E-state index contributed by atoms with van der Waals surface area (Å²) in [6.07, 6.45) is 0.593. The second-order valence-corrected chi connectivity index (χ2v) is 3.05. The molecule has 0 aromatic carbocycles. The lowest BCUT2D eigenvalue weighted by atomic mass is 10.1. The lowest BCUT2D eigenvalue weighted by Gasteiger charge is -2.33. The molecule has 1 rings (SSSR count). The average Bonchev–Trinajstić information content (AvgIpc) is 2.15. The fraction of sp³-hybridized carbons (Fsp3) is 0.625. The zero-order valence-electron chi connectivity index (χ0n) is 8.28. The Kier molecular flexibility index (Phi) is 3.06. The summed E-state index contributed by atoms with van der Waals surface area (Å²) in [5, 5.41) is 2.26. The number of carbonyl (C=O) groups is 2. The van der Waals surface area contributed by atoms with Crippen molar-refractivity contribution in [2.24, 2.45) is 10.7 Å². The molecule has 1 heterocycles.